The molecule has 1 heterocycles. The number of nitrogens with zero attached hydrogens (tertiary/aromatic N) is 1. The Morgan fingerprint density at radius 3 is 2.62 bits per heavy atom. The van der Waals surface area contributed by atoms with E-state index < -0.39 is 23.1 Å². The molecule has 1 aromatic heterocycles. The Morgan fingerprint density at radius 2 is 2.15 bits per heavy atom. The van der Waals surface area contributed by atoms with Crippen LogP contribution in [0.4, 0.5) is 13.2 Å². The van der Waals surface area contributed by atoms with Crippen LogP contribution in [0.25, 0.3) is 0 Å². The molecule has 0 amide bonds. The van der Waals surface area contributed by atoms with Gasteiger partial charge in [0.2, 0.25) is 0 Å². The number of aldehydes is 1. The van der Waals surface area contributed by atoms with E-state index in [0.717, 1.165) is 0 Å². The van der Waals surface area contributed by atoms with Crippen LogP contribution < -0.4 is 0 Å². The van der Waals surface area contributed by atoms with Gasteiger partial charge in [0.05, 0.1) is 5.56 Å². The Hall–Kier alpha value is -1.10. The van der Waals surface area contributed by atoms with E-state index in [2.05, 4.69) is 4.98 Å². The summed E-state index contributed by atoms with van der Waals surface area (Å²) in [6.45, 7) is 0. The molecule has 0 aliphatic carbocycles. The molecule has 0 spiro atoms. The average Bonchev–Trinajstić information content (AvgIpc) is 2.07. The highest BCUT2D eigenvalue weighted by Gasteiger charge is 2.17. The van der Waals surface area contributed by atoms with Gasteiger partial charge in [0.1, 0.15) is 10.8 Å². The van der Waals surface area contributed by atoms with Crippen LogP contribution in [-0.2, 0) is 0 Å². The van der Waals surface area contributed by atoms with E-state index in [0.29, 0.717) is 6.07 Å². The summed E-state index contributed by atoms with van der Waals surface area (Å²) in [6, 6.07) is 0.629. The molecule has 0 unspecified atom stereocenters. The second-order valence-corrected chi connectivity index (χ2v) is 2.51. The number of halogens is 4. The van der Waals surface area contributed by atoms with Crippen molar-refractivity contribution in [1.82, 2.24) is 4.98 Å². The number of hydrogen-bond acceptors (Lipinski definition) is 2. The highest BCUT2D eigenvalue weighted by molar-refractivity contribution is 6.31. The van der Waals surface area contributed by atoms with Gasteiger partial charge in [0, 0.05) is 0 Å². The lowest BCUT2D eigenvalue weighted by Gasteiger charge is -2.02. The number of aromatic nitrogens is 1. The molecule has 70 valence electrons. The summed E-state index contributed by atoms with van der Waals surface area (Å²) in [5.41, 5.74) is -1.29. The first kappa shape index (κ1) is 9.98. The molecule has 0 aliphatic heterocycles. The minimum atomic E-state index is -3.04. The molecule has 0 bridgehead atoms. The second-order valence-electron chi connectivity index (χ2n) is 2.15. The van der Waals surface area contributed by atoms with Crippen molar-refractivity contribution in [2.75, 3.05) is 0 Å². The summed E-state index contributed by atoms with van der Waals surface area (Å²) in [5.74, 6) is -1.23. The van der Waals surface area contributed by atoms with Gasteiger partial charge < -0.3 is 0 Å². The standard InChI is InChI=1S/C7H3ClF3NO/c8-6-3(2-13)1-4(9)5(12-6)7(10)11/h1-2,7H. The maximum Gasteiger partial charge on any atom is 0.283 e. The predicted molar refractivity (Wildman–Crippen MR) is 39.5 cm³/mol. The van der Waals surface area contributed by atoms with Gasteiger partial charge in [-0.15, -0.1) is 0 Å². The molecule has 1 aromatic rings. The zero-order chi connectivity index (χ0) is 10.0. The highest BCUT2D eigenvalue weighted by Crippen LogP contribution is 2.23. The first-order chi connectivity index (χ1) is 6.06. The lowest BCUT2D eigenvalue weighted by molar-refractivity contribution is 0.112. The first-order valence-electron chi connectivity index (χ1n) is 3.15. The van der Waals surface area contributed by atoms with E-state index in [1.54, 1.807) is 0 Å². The number of carbonyl (C=O) groups excluding carboxylic acids is 1. The van der Waals surface area contributed by atoms with Gasteiger partial charge in [-0.25, -0.2) is 18.2 Å². The second kappa shape index (κ2) is 3.74. The van der Waals surface area contributed by atoms with Crippen molar-refractivity contribution in [3.05, 3.63) is 28.3 Å². The Bertz CT molecular complexity index is 343. The maximum absolute atomic E-state index is 12.7. The van der Waals surface area contributed by atoms with Crippen molar-refractivity contribution in [2.24, 2.45) is 0 Å². The van der Waals surface area contributed by atoms with Crippen molar-refractivity contribution in [3.63, 3.8) is 0 Å². The molecule has 0 fully saturated rings. The molecule has 0 saturated heterocycles. The van der Waals surface area contributed by atoms with Gasteiger partial charge >= 0.3 is 0 Å². The number of carbonyl (C=O) groups is 1. The van der Waals surface area contributed by atoms with Crippen molar-refractivity contribution in [3.8, 4) is 0 Å². The normalized spacial score (nSPS) is 10.5. The molecule has 0 aliphatic rings. The maximum atomic E-state index is 12.7. The van der Waals surface area contributed by atoms with Crippen LogP contribution in [0.2, 0.25) is 5.15 Å². The van der Waals surface area contributed by atoms with Crippen molar-refractivity contribution in [2.45, 2.75) is 6.43 Å². The summed E-state index contributed by atoms with van der Waals surface area (Å²) in [4.78, 5) is 13.2. The third-order valence-corrected chi connectivity index (χ3v) is 1.62. The summed E-state index contributed by atoms with van der Waals surface area (Å²) in [6.07, 6.45) is -2.80. The Labute approximate surface area is 76.3 Å². The van der Waals surface area contributed by atoms with Gasteiger partial charge in [-0.3, -0.25) is 4.79 Å². The SMILES string of the molecule is O=Cc1cc(F)c(C(F)F)nc1Cl. The topological polar surface area (TPSA) is 30.0 Å². The van der Waals surface area contributed by atoms with Gasteiger partial charge in [-0.05, 0) is 6.07 Å². The average molecular weight is 210 g/mol. The lowest BCUT2D eigenvalue weighted by atomic mass is 10.2. The molecule has 0 aromatic carbocycles. The molecule has 0 radical (unpaired) electrons. The molecule has 0 atom stereocenters. The zero-order valence-electron chi connectivity index (χ0n) is 6.10. The third kappa shape index (κ3) is 1.98. The summed E-state index contributed by atoms with van der Waals surface area (Å²) in [5, 5.41) is -0.424. The van der Waals surface area contributed by atoms with E-state index in [-0.39, 0.29) is 11.8 Å². The number of alkyl halides is 2. The number of hydrogen-bond donors (Lipinski definition) is 0. The molecule has 0 N–H and O–H groups in total. The Balaban J connectivity index is 3.28. The zero-order valence-corrected chi connectivity index (χ0v) is 6.86. The highest BCUT2D eigenvalue weighted by atomic mass is 35.5. The molecule has 1 rings (SSSR count). The minimum absolute atomic E-state index is 0.244. The number of pyridine rings is 1. The van der Waals surface area contributed by atoms with Crippen LogP contribution in [-0.4, -0.2) is 11.3 Å². The van der Waals surface area contributed by atoms with Crippen LogP contribution >= 0.6 is 11.6 Å². The summed E-state index contributed by atoms with van der Waals surface area (Å²) in [7, 11) is 0. The Kier molecular flexibility index (Phi) is 2.87. The van der Waals surface area contributed by atoms with E-state index in [4.69, 9.17) is 11.6 Å². The first-order valence-corrected chi connectivity index (χ1v) is 3.53. The molecule has 6 heteroatoms. The van der Waals surface area contributed by atoms with E-state index in [1.807, 2.05) is 0 Å². The van der Waals surface area contributed by atoms with Crippen LogP contribution in [0, 0.1) is 5.82 Å². The van der Waals surface area contributed by atoms with Crippen LogP contribution in [0.3, 0.4) is 0 Å². The monoisotopic (exact) mass is 209 g/mol. The smallest absolute Gasteiger partial charge is 0.283 e. The molecular formula is C7H3ClF3NO. The summed E-state index contributed by atoms with van der Waals surface area (Å²) >= 11 is 5.30. The van der Waals surface area contributed by atoms with Crippen LogP contribution in [0.5, 0.6) is 0 Å². The van der Waals surface area contributed by atoms with Gasteiger partial charge in [0.15, 0.2) is 12.1 Å². The molecule has 2 nitrogen and oxygen atoms in total. The molecular weight excluding hydrogens is 207 g/mol. The lowest BCUT2D eigenvalue weighted by Crippen LogP contribution is -1.99. The van der Waals surface area contributed by atoms with Crippen LogP contribution in [0.15, 0.2) is 6.07 Å². The fraction of sp³-hybridized carbons (Fsp3) is 0.143. The van der Waals surface area contributed by atoms with E-state index in [9.17, 15) is 18.0 Å². The largest absolute Gasteiger partial charge is 0.298 e. The minimum Gasteiger partial charge on any atom is -0.298 e. The fourth-order valence-corrected chi connectivity index (χ4v) is 0.920. The van der Waals surface area contributed by atoms with Crippen molar-refractivity contribution >= 4 is 17.9 Å². The molecule has 0 saturated carbocycles. The van der Waals surface area contributed by atoms with Crippen molar-refractivity contribution in [1.29, 1.82) is 0 Å². The van der Waals surface area contributed by atoms with E-state index in [1.165, 1.54) is 0 Å². The van der Waals surface area contributed by atoms with Gasteiger partial charge in [-0.2, -0.15) is 0 Å². The van der Waals surface area contributed by atoms with Crippen molar-refractivity contribution < 1.29 is 18.0 Å². The van der Waals surface area contributed by atoms with Crippen LogP contribution in [0.1, 0.15) is 22.5 Å². The predicted octanol–water partition coefficient (Wildman–Crippen LogP) is 2.62. The fourth-order valence-electron chi connectivity index (χ4n) is 0.729. The van der Waals surface area contributed by atoms with E-state index >= 15 is 0 Å². The van der Waals surface area contributed by atoms with Gasteiger partial charge in [0.25, 0.3) is 6.43 Å². The number of rotatable bonds is 2. The van der Waals surface area contributed by atoms with Gasteiger partial charge in [-0.1, -0.05) is 11.6 Å². The quantitative estimate of drug-likeness (QED) is 0.554. The third-order valence-electron chi connectivity index (χ3n) is 1.32. The molecule has 13 heavy (non-hydrogen) atoms. The Morgan fingerprint density at radius 1 is 1.54 bits per heavy atom. The summed E-state index contributed by atoms with van der Waals surface area (Å²) < 4.78 is 36.7.